The third-order valence-electron chi connectivity index (χ3n) is 1.54. The van der Waals surface area contributed by atoms with E-state index in [0.717, 1.165) is 0 Å². The molecular weight excluding hydrogens is 200 g/mol. The van der Waals surface area contributed by atoms with Gasteiger partial charge in [0.25, 0.3) is 0 Å². The minimum atomic E-state index is -0.871. The highest BCUT2D eigenvalue weighted by Gasteiger charge is 2.23. The lowest BCUT2D eigenvalue weighted by Crippen LogP contribution is -2.26. The van der Waals surface area contributed by atoms with E-state index in [2.05, 4.69) is 0 Å². The second kappa shape index (κ2) is 8.26. The molecular formula is C10H18O5. The molecule has 0 saturated carbocycles. The lowest BCUT2D eigenvalue weighted by Gasteiger charge is -2.17. The quantitative estimate of drug-likeness (QED) is 0.303. The van der Waals surface area contributed by atoms with E-state index in [0.29, 0.717) is 19.5 Å². The van der Waals surface area contributed by atoms with Crippen LogP contribution in [0.5, 0.6) is 0 Å². The maximum atomic E-state index is 11.4. The van der Waals surface area contributed by atoms with Gasteiger partial charge in [-0.15, -0.1) is 0 Å². The normalized spacial score (nSPS) is 11.9. The smallest absolute Gasteiger partial charge is 0.342 e. The molecule has 0 rings (SSSR count). The topological polar surface area (TPSA) is 65.0 Å². The molecule has 0 aromatic rings. The van der Waals surface area contributed by atoms with Crippen LogP contribution in [0, 0.1) is 0 Å². The third-order valence-corrected chi connectivity index (χ3v) is 1.54. The first-order valence-corrected chi connectivity index (χ1v) is 4.95. The molecule has 0 aromatic carbocycles. The Morgan fingerprint density at radius 3 is 2.07 bits per heavy atom. The van der Waals surface area contributed by atoms with Crippen molar-refractivity contribution in [2.24, 2.45) is 0 Å². The summed E-state index contributed by atoms with van der Waals surface area (Å²) < 4.78 is 15.0. The Labute approximate surface area is 89.6 Å². The fraction of sp³-hybridized carbons (Fsp3) is 0.700. The highest BCUT2D eigenvalue weighted by molar-refractivity contribution is 5.88. The standard InChI is InChI=1S/C10H18O5/c1-4-13-9(12)8(7-11)10(14-5-2)15-6-3/h7,10-11H,4-6H2,1-3H3. The fourth-order valence-corrected chi connectivity index (χ4v) is 0.955. The summed E-state index contributed by atoms with van der Waals surface area (Å²) in [5.41, 5.74) is -0.0273. The van der Waals surface area contributed by atoms with Gasteiger partial charge in [0.1, 0.15) is 5.57 Å². The van der Waals surface area contributed by atoms with E-state index in [1.807, 2.05) is 0 Å². The molecule has 15 heavy (non-hydrogen) atoms. The van der Waals surface area contributed by atoms with Gasteiger partial charge in [0.05, 0.1) is 12.9 Å². The molecule has 0 bridgehead atoms. The van der Waals surface area contributed by atoms with Crippen LogP contribution in [0.15, 0.2) is 11.8 Å². The summed E-state index contributed by atoms with van der Waals surface area (Å²) in [6.45, 7) is 6.21. The van der Waals surface area contributed by atoms with Gasteiger partial charge in [-0.2, -0.15) is 0 Å². The van der Waals surface area contributed by atoms with Crippen LogP contribution in [0.3, 0.4) is 0 Å². The van der Waals surface area contributed by atoms with E-state index in [4.69, 9.17) is 19.3 Å². The van der Waals surface area contributed by atoms with Crippen LogP contribution in [-0.2, 0) is 19.0 Å². The first-order chi connectivity index (χ1) is 7.21. The summed E-state index contributed by atoms with van der Waals surface area (Å²) in [4.78, 5) is 11.4. The molecule has 0 heterocycles. The zero-order valence-electron chi connectivity index (χ0n) is 9.36. The van der Waals surface area contributed by atoms with Crippen molar-refractivity contribution in [1.29, 1.82) is 0 Å². The van der Waals surface area contributed by atoms with Crippen LogP contribution >= 0.6 is 0 Å². The molecule has 1 N–H and O–H groups in total. The Kier molecular flexibility index (Phi) is 7.67. The van der Waals surface area contributed by atoms with Gasteiger partial charge in [0, 0.05) is 13.2 Å². The number of hydrogen-bond acceptors (Lipinski definition) is 5. The maximum absolute atomic E-state index is 11.4. The van der Waals surface area contributed by atoms with Crippen molar-refractivity contribution in [2.75, 3.05) is 19.8 Å². The Bertz CT molecular complexity index is 206. The number of carbonyl (C=O) groups excluding carboxylic acids is 1. The molecule has 0 amide bonds. The molecule has 0 spiro atoms. The molecule has 0 fully saturated rings. The van der Waals surface area contributed by atoms with Gasteiger partial charge in [-0.05, 0) is 20.8 Å². The SMILES string of the molecule is CCOC(=O)C(=CO)C(OCC)OCC. The fourth-order valence-electron chi connectivity index (χ4n) is 0.955. The van der Waals surface area contributed by atoms with Crippen LogP contribution in [-0.4, -0.2) is 37.2 Å². The average molecular weight is 218 g/mol. The molecule has 0 atom stereocenters. The van der Waals surface area contributed by atoms with Gasteiger partial charge in [-0.3, -0.25) is 0 Å². The van der Waals surface area contributed by atoms with E-state index in [1.165, 1.54) is 0 Å². The summed E-state index contributed by atoms with van der Waals surface area (Å²) >= 11 is 0. The molecule has 5 nitrogen and oxygen atoms in total. The molecule has 0 aliphatic carbocycles. The second-order valence-electron chi connectivity index (χ2n) is 2.55. The molecule has 88 valence electrons. The van der Waals surface area contributed by atoms with Crippen molar-refractivity contribution in [3.05, 3.63) is 11.8 Å². The molecule has 0 aromatic heterocycles. The first kappa shape index (κ1) is 13.9. The number of ether oxygens (including phenoxy) is 3. The van der Waals surface area contributed by atoms with Crippen LogP contribution in [0.25, 0.3) is 0 Å². The summed E-state index contributed by atoms with van der Waals surface area (Å²) in [7, 11) is 0. The highest BCUT2D eigenvalue weighted by Crippen LogP contribution is 2.10. The summed E-state index contributed by atoms with van der Waals surface area (Å²) in [5.74, 6) is -0.632. The van der Waals surface area contributed by atoms with Crippen molar-refractivity contribution in [1.82, 2.24) is 0 Å². The number of esters is 1. The van der Waals surface area contributed by atoms with Gasteiger partial charge < -0.3 is 19.3 Å². The van der Waals surface area contributed by atoms with Crippen molar-refractivity contribution in [3.63, 3.8) is 0 Å². The molecule has 0 saturated heterocycles. The van der Waals surface area contributed by atoms with E-state index < -0.39 is 12.3 Å². The number of hydrogen-bond donors (Lipinski definition) is 1. The minimum absolute atomic E-state index is 0.0273. The monoisotopic (exact) mass is 218 g/mol. The Hall–Kier alpha value is -1.07. The third kappa shape index (κ3) is 4.80. The van der Waals surface area contributed by atoms with Gasteiger partial charge in [0.15, 0.2) is 6.29 Å². The first-order valence-electron chi connectivity index (χ1n) is 4.95. The molecule has 0 aliphatic heterocycles. The maximum Gasteiger partial charge on any atom is 0.342 e. The Morgan fingerprint density at radius 1 is 1.20 bits per heavy atom. The minimum Gasteiger partial charge on any atom is -0.515 e. The van der Waals surface area contributed by atoms with Crippen LogP contribution in [0.1, 0.15) is 20.8 Å². The van der Waals surface area contributed by atoms with Crippen LogP contribution < -0.4 is 0 Å². The van der Waals surface area contributed by atoms with Gasteiger partial charge >= 0.3 is 5.97 Å². The number of carbonyl (C=O) groups is 1. The van der Waals surface area contributed by atoms with Crippen LogP contribution in [0.2, 0.25) is 0 Å². The molecule has 5 heteroatoms. The number of rotatable bonds is 7. The van der Waals surface area contributed by atoms with Crippen molar-refractivity contribution in [2.45, 2.75) is 27.1 Å². The number of aliphatic hydroxyl groups excluding tert-OH is 1. The van der Waals surface area contributed by atoms with E-state index >= 15 is 0 Å². The van der Waals surface area contributed by atoms with Gasteiger partial charge in [-0.1, -0.05) is 0 Å². The zero-order chi connectivity index (χ0) is 11.7. The van der Waals surface area contributed by atoms with E-state index in [1.54, 1.807) is 20.8 Å². The summed E-state index contributed by atoms with van der Waals surface area (Å²) in [6.07, 6.45) is -0.211. The average Bonchev–Trinajstić information content (AvgIpc) is 2.20. The predicted octanol–water partition coefficient (Wildman–Crippen LogP) is 1.39. The Morgan fingerprint density at radius 2 is 1.73 bits per heavy atom. The summed E-state index contributed by atoms with van der Waals surface area (Å²) in [5, 5.41) is 8.92. The van der Waals surface area contributed by atoms with Crippen molar-refractivity contribution in [3.8, 4) is 0 Å². The molecule has 0 radical (unpaired) electrons. The summed E-state index contributed by atoms with van der Waals surface area (Å²) in [6, 6.07) is 0. The van der Waals surface area contributed by atoms with Gasteiger partial charge in [-0.25, -0.2) is 4.79 Å². The van der Waals surface area contributed by atoms with Crippen molar-refractivity contribution < 1.29 is 24.1 Å². The second-order valence-corrected chi connectivity index (χ2v) is 2.55. The molecule has 0 aliphatic rings. The zero-order valence-corrected chi connectivity index (χ0v) is 9.36. The largest absolute Gasteiger partial charge is 0.515 e. The molecule has 0 unspecified atom stereocenters. The predicted molar refractivity (Wildman–Crippen MR) is 54.4 cm³/mol. The lowest BCUT2D eigenvalue weighted by molar-refractivity contribution is -0.150. The number of aliphatic hydroxyl groups is 1. The lowest BCUT2D eigenvalue weighted by atomic mass is 10.3. The van der Waals surface area contributed by atoms with Gasteiger partial charge in [0.2, 0.25) is 0 Å². The van der Waals surface area contributed by atoms with E-state index in [9.17, 15) is 4.79 Å². The Balaban J connectivity index is 4.51. The van der Waals surface area contributed by atoms with Crippen LogP contribution in [0.4, 0.5) is 0 Å². The van der Waals surface area contributed by atoms with E-state index in [-0.39, 0.29) is 12.2 Å². The van der Waals surface area contributed by atoms with Crippen molar-refractivity contribution >= 4 is 5.97 Å². The highest BCUT2D eigenvalue weighted by atomic mass is 16.7.